The maximum absolute atomic E-state index is 11.5. The van der Waals surface area contributed by atoms with Gasteiger partial charge in [-0.2, -0.15) is 0 Å². The fourth-order valence-corrected chi connectivity index (χ4v) is 2.66. The third-order valence-electron chi connectivity index (χ3n) is 3.72. The number of hydrogen-bond acceptors (Lipinski definition) is 5. The molecule has 0 aliphatic carbocycles. The quantitative estimate of drug-likeness (QED) is 0.840. The van der Waals surface area contributed by atoms with Crippen molar-refractivity contribution in [2.24, 2.45) is 5.73 Å². The molecule has 19 heavy (non-hydrogen) atoms. The summed E-state index contributed by atoms with van der Waals surface area (Å²) >= 11 is 0. The summed E-state index contributed by atoms with van der Waals surface area (Å²) in [4.78, 5) is 13.8. The first-order chi connectivity index (χ1) is 9.15. The minimum absolute atomic E-state index is 0.304. The molecule has 0 saturated carbocycles. The van der Waals surface area contributed by atoms with Crippen LogP contribution in [0.2, 0.25) is 0 Å². The monoisotopic (exact) mass is 266 g/mol. The van der Waals surface area contributed by atoms with E-state index in [4.69, 9.17) is 14.9 Å². The molecule has 1 aromatic rings. The number of likely N-dealkylation sites (tertiary alicyclic amines) is 1. The van der Waals surface area contributed by atoms with Crippen molar-refractivity contribution in [3.05, 3.63) is 23.2 Å². The van der Waals surface area contributed by atoms with E-state index < -0.39 is 5.97 Å². The van der Waals surface area contributed by atoms with Crippen molar-refractivity contribution in [2.75, 3.05) is 20.2 Å². The second-order valence-electron chi connectivity index (χ2n) is 5.07. The standard InChI is InChI=1S/C14H22N2O3/c1-10-7-12(19-13(10)14(17)18-2)9-16-6-4-3-5-11(16)8-15/h7,11H,3-6,8-9,15H2,1-2H3. The van der Waals surface area contributed by atoms with Gasteiger partial charge < -0.3 is 14.9 Å². The van der Waals surface area contributed by atoms with Crippen LogP contribution in [0.3, 0.4) is 0 Å². The molecule has 0 radical (unpaired) electrons. The van der Waals surface area contributed by atoms with Gasteiger partial charge in [0.15, 0.2) is 0 Å². The maximum atomic E-state index is 11.5. The van der Waals surface area contributed by atoms with Crippen LogP contribution in [0.5, 0.6) is 0 Å². The van der Waals surface area contributed by atoms with Gasteiger partial charge in [-0.1, -0.05) is 6.42 Å². The minimum Gasteiger partial charge on any atom is -0.463 e. The number of ether oxygens (including phenoxy) is 1. The second-order valence-corrected chi connectivity index (χ2v) is 5.07. The van der Waals surface area contributed by atoms with Crippen molar-refractivity contribution in [3.8, 4) is 0 Å². The van der Waals surface area contributed by atoms with Crippen LogP contribution in [0.25, 0.3) is 0 Å². The Morgan fingerprint density at radius 1 is 1.58 bits per heavy atom. The average molecular weight is 266 g/mol. The highest BCUT2D eigenvalue weighted by molar-refractivity contribution is 5.87. The molecule has 0 bridgehead atoms. The van der Waals surface area contributed by atoms with E-state index in [1.165, 1.54) is 20.0 Å². The van der Waals surface area contributed by atoms with Crippen molar-refractivity contribution < 1.29 is 13.9 Å². The lowest BCUT2D eigenvalue weighted by molar-refractivity contribution is 0.0557. The van der Waals surface area contributed by atoms with Crippen molar-refractivity contribution in [2.45, 2.75) is 38.8 Å². The number of esters is 1. The molecular formula is C14H22N2O3. The third-order valence-corrected chi connectivity index (χ3v) is 3.72. The fraction of sp³-hybridized carbons (Fsp3) is 0.643. The number of nitrogens with two attached hydrogens (primary N) is 1. The van der Waals surface area contributed by atoms with Crippen molar-refractivity contribution in [3.63, 3.8) is 0 Å². The van der Waals surface area contributed by atoms with Crippen LogP contribution < -0.4 is 5.73 Å². The topological polar surface area (TPSA) is 68.7 Å². The molecule has 1 saturated heterocycles. The summed E-state index contributed by atoms with van der Waals surface area (Å²) in [7, 11) is 1.36. The average Bonchev–Trinajstić information content (AvgIpc) is 2.79. The van der Waals surface area contributed by atoms with E-state index in [1.807, 2.05) is 13.0 Å². The zero-order valence-electron chi connectivity index (χ0n) is 11.6. The first-order valence-electron chi connectivity index (χ1n) is 6.77. The fourth-order valence-electron chi connectivity index (χ4n) is 2.66. The van der Waals surface area contributed by atoms with E-state index in [9.17, 15) is 4.79 Å². The Morgan fingerprint density at radius 2 is 2.37 bits per heavy atom. The third kappa shape index (κ3) is 3.16. The zero-order valence-corrected chi connectivity index (χ0v) is 11.6. The minimum atomic E-state index is -0.419. The lowest BCUT2D eigenvalue weighted by atomic mass is 10.0. The van der Waals surface area contributed by atoms with Crippen LogP contribution >= 0.6 is 0 Å². The number of nitrogens with zero attached hydrogens (tertiary/aromatic N) is 1. The molecule has 1 fully saturated rings. The first-order valence-corrected chi connectivity index (χ1v) is 6.77. The highest BCUT2D eigenvalue weighted by atomic mass is 16.5. The molecule has 2 N–H and O–H groups in total. The molecule has 0 aromatic carbocycles. The van der Waals surface area contributed by atoms with Gasteiger partial charge in [-0.15, -0.1) is 0 Å². The second kappa shape index (κ2) is 6.21. The van der Waals surface area contributed by atoms with Gasteiger partial charge in [0.1, 0.15) is 5.76 Å². The highest BCUT2D eigenvalue weighted by Crippen LogP contribution is 2.22. The summed E-state index contributed by atoms with van der Waals surface area (Å²) < 4.78 is 10.3. The zero-order chi connectivity index (χ0) is 13.8. The summed E-state index contributed by atoms with van der Waals surface area (Å²) in [6.07, 6.45) is 3.57. The van der Waals surface area contributed by atoms with Crippen LogP contribution in [0.1, 0.15) is 41.1 Å². The maximum Gasteiger partial charge on any atom is 0.374 e. The Bertz CT molecular complexity index is 442. The number of hydrogen-bond donors (Lipinski definition) is 1. The van der Waals surface area contributed by atoms with Crippen molar-refractivity contribution in [1.82, 2.24) is 4.90 Å². The number of methoxy groups -OCH3 is 1. The molecule has 5 nitrogen and oxygen atoms in total. The normalized spacial score (nSPS) is 20.5. The molecule has 1 atom stereocenters. The molecule has 0 amide bonds. The van der Waals surface area contributed by atoms with E-state index in [-0.39, 0.29) is 0 Å². The summed E-state index contributed by atoms with van der Waals surface area (Å²) in [6, 6.07) is 2.33. The van der Waals surface area contributed by atoms with Gasteiger partial charge in [0.2, 0.25) is 5.76 Å². The Hall–Kier alpha value is -1.33. The summed E-state index contributed by atoms with van der Waals surface area (Å²) in [6.45, 7) is 4.27. The molecule has 0 spiro atoms. The molecule has 5 heteroatoms. The molecule has 106 valence electrons. The molecule has 1 aliphatic heterocycles. The van der Waals surface area contributed by atoms with E-state index in [0.717, 1.165) is 24.3 Å². The van der Waals surface area contributed by atoms with E-state index in [2.05, 4.69) is 4.90 Å². The van der Waals surface area contributed by atoms with Gasteiger partial charge in [-0.25, -0.2) is 4.79 Å². The van der Waals surface area contributed by atoms with Gasteiger partial charge in [0.25, 0.3) is 0 Å². The molecule has 1 unspecified atom stereocenters. The predicted octanol–water partition coefficient (Wildman–Crippen LogP) is 1.69. The molecule has 2 rings (SSSR count). The van der Waals surface area contributed by atoms with Crippen molar-refractivity contribution >= 4 is 5.97 Å². The van der Waals surface area contributed by atoms with Gasteiger partial charge >= 0.3 is 5.97 Å². The van der Waals surface area contributed by atoms with Gasteiger partial charge in [0, 0.05) is 18.2 Å². The summed E-state index contributed by atoms with van der Waals surface area (Å²) in [5.41, 5.74) is 6.63. The molecule has 1 aromatic heterocycles. The number of rotatable bonds is 4. The van der Waals surface area contributed by atoms with Gasteiger partial charge in [-0.05, 0) is 32.4 Å². The summed E-state index contributed by atoms with van der Waals surface area (Å²) in [5.74, 6) is 0.690. The van der Waals surface area contributed by atoms with Crippen LogP contribution in [0.15, 0.2) is 10.5 Å². The van der Waals surface area contributed by atoms with E-state index in [0.29, 0.717) is 24.9 Å². The Kier molecular flexibility index (Phi) is 4.61. The SMILES string of the molecule is COC(=O)c1oc(CN2CCCCC2CN)cc1C. The van der Waals surface area contributed by atoms with E-state index >= 15 is 0 Å². The number of piperidine rings is 1. The number of carbonyl (C=O) groups is 1. The number of aryl methyl sites for hydroxylation is 1. The first kappa shape index (κ1) is 14.1. The molecule has 2 heterocycles. The van der Waals surface area contributed by atoms with Gasteiger partial charge in [-0.3, -0.25) is 4.90 Å². The molecular weight excluding hydrogens is 244 g/mol. The van der Waals surface area contributed by atoms with E-state index in [1.54, 1.807) is 0 Å². The predicted molar refractivity (Wildman–Crippen MR) is 71.9 cm³/mol. The van der Waals surface area contributed by atoms with Crippen LogP contribution in [-0.2, 0) is 11.3 Å². The van der Waals surface area contributed by atoms with Crippen LogP contribution in [0.4, 0.5) is 0 Å². The Labute approximate surface area is 113 Å². The van der Waals surface area contributed by atoms with Crippen LogP contribution in [-0.4, -0.2) is 37.1 Å². The van der Waals surface area contributed by atoms with Crippen molar-refractivity contribution in [1.29, 1.82) is 0 Å². The lowest BCUT2D eigenvalue weighted by Crippen LogP contribution is -2.43. The lowest BCUT2D eigenvalue weighted by Gasteiger charge is -2.34. The highest BCUT2D eigenvalue weighted by Gasteiger charge is 2.23. The Morgan fingerprint density at radius 3 is 3.05 bits per heavy atom. The largest absolute Gasteiger partial charge is 0.463 e. The van der Waals surface area contributed by atoms with Crippen LogP contribution in [0, 0.1) is 6.92 Å². The number of carbonyl (C=O) groups excluding carboxylic acids is 1. The molecule has 1 aliphatic rings. The summed E-state index contributed by atoms with van der Waals surface area (Å²) in [5, 5.41) is 0. The smallest absolute Gasteiger partial charge is 0.374 e. The number of furan rings is 1. The Balaban J connectivity index is 2.08. The van der Waals surface area contributed by atoms with Gasteiger partial charge in [0.05, 0.1) is 13.7 Å².